The van der Waals surface area contributed by atoms with E-state index in [9.17, 15) is 13.2 Å². The summed E-state index contributed by atoms with van der Waals surface area (Å²) in [4.78, 5) is 12.5. The Morgan fingerprint density at radius 1 is 1.11 bits per heavy atom. The molecular weight excluding hydrogens is 362 g/mol. The van der Waals surface area contributed by atoms with Crippen LogP contribution >= 0.6 is 0 Å². The molecule has 1 amide bonds. The fourth-order valence-electron chi connectivity index (χ4n) is 2.99. The second kappa shape index (κ2) is 8.45. The van der Waals surface area contributed by atoms with Gasteiger partial charge in [-0.2, -0.15) is 9.41 Å². The van der Waals surface area contributed by atoms with Crippen LogP contribution in [-0.4, -0.2) is 37.9 Å². The number of hydrogen-bond donors (Lipinski definition) is 1. The van der Waals surface area contributed by atoms with Crippen molar-refractivity contribution in [3.63, 3.8) is 0 Å². The van der Waals surface area contributed by atoms with E-state index >= 15 is 0 Å². The largest absolute Gasteiger partial charge is 0.271 e. The molecule has 3 rings (SSSR count). The molecular formula is C20H23N3O3S. The molecule has 2 aromatic carbocycles. The fraction of sp³-hybridized carbons (Fsp3) is 0.300. The topological polar surface area (TPSA) is 78.8 Å². The third kappa shape index (κ3) is 4.61. The third-order valence-electron chi connectivity index (χ3n) is 4.59. The van der Waals surface area contributed by atoms with Gasteiger partial charge in [0.1, 0.15) is 0 Å². The molecule has 142 valence electrons. The van der Waals surface area contributed by atoms with E-state index in [1.165, 1.54) is 16.4 Å². The molecule has 1 N–H and O–H groups in total. The molecule has 1 saturated heterocycles. The molecule has 27 heavy (non-hydrogen) atoms. The minimum atomic E-state index is -3.55. The average molecular weight is 385 g/mol. The van der Waals surface area contributed by atoms with Crippen LogP contribution in [0.15, 0.2) is 64.6 Å². The van der Waals surface area contributed by atoms with Gasteiger partial charge in [-0.3, -0.25) is 4.79 Å². The third-order valence-corrected chi connectivity index (χ3v) is 6.48. The van der Waals surface area contributed by atoms with Crippen LogP contribution in [0, 0.1) is 0 Å². The SMILES string of the molecule is C[C@H](/C=N\NC(=O)c1cccc(S(=O)(=O)N2CCCC2)c1)c1ccccc1. The number of hydrogen-bond acceptors (Lipinski definition) is 4. The van der Waals surface area contributed by atoms with Crippen LogP contribution in [-0.2, 0) is 10.0 Å². The van der Waals surface area contributed by atoms with Gasteiger partial charge in [0.2, 0.25) is 10.0 Å². The quantitative estimate of drug-likeness (QED) is 0.613. The highest BCUT2D eigenvalue weighted by Crippen LogP contribution is 2.21. The van der Waals surface area contributed by atoms with E-state index in [4.69, 9.17) is 0 Å². The molecule has 1 aliphatic heterocycles. The molecule has 1 atom stereocenters. The van der Waals surface area contributed by atoms with Crippen molar-refractivity contribution < 1.29 is 13.2 Å². The summed E-state index contributed by atoms with van der Waals surface area (Å²) in [5.74, 6) is -0.390. The summed E-state index contributed by atoms with van der Waals surface area (Å²) in [6.07, 6.45) is 3.39. The van der Waals surface area contributed by atoms with Gasteiger partial charge in [0.05, 0.1) is 4.90 Å². The molecule has 2 aromatic rings. The maximum absolute atomic E-state index is 12.6. The monoisotopic (exact) mass is 385 g/mol. The van der Waals surface area contributed by atoms with Gasteiger partial charge in [-0.15, -0.1) is 0 Å². The lowest BCUT2D eigenvalue weighted by Crippen LogP contribution is -2.28. The molecule has 0 aromatic heterocycles. The first-order valence-electron chi connectivity index (χ1n) is 8.97. The van der Waals surface area contributed by atoms with E-state index in [2.05, 4.69) is 10.5 Å². The predicted molar refractivity (Wildman–Crippen MR) is 105 cm³/mol. The van der Waals surface area contributed by atoms with Crippen molar-refractivity contribution in [1.82, 2.24) is 9.73 Å². The van der Waals surface area contributed by atoms with Crippen LogP contribution in [0.4, 0.5) is 0 Å². The van der Waals surface area contributed by atoms with Crippen molar-refractivity contribution in [2.24, 2.45) is 5.10 Å². The number of carbonyl (C=O) groups is 1. The lowest BCUT2D eigenvalue weighted by atomic mass is 10.0. The Balaban J connectivity index is 1.68. The zero-order chi connectivity index (χ0) is 19.3. The maximum atomic E-state index is 12.6. The van der Waals surface area contributed by atoms with Gasteiger partial charge in [0.25, 0.3) is 5.91 Å². The Hall–Kier alpha value is -2.51. The van der Waals surface area contributed by atoms with Gasteiger partial charge in [-0.05, 0) is 36.6 Å². The van der Waals surface area contributed by atoms with Gasteiger partial charge in [-0.1, -0.05) is 43.3 Å². The summed E-state index contributed by atoms with van der Waals surface area (Å²) in [7, 11) is -3.55. The summed E-state index contributed by atoms with van der Waals surface area (Å²) in [5.41, 5.74) is 3.83. The van der Waals surface area contributed by atoms with E-state index in [1.807, 2.05) is 37.3 Å². The zero-order valence-electron chi connectivity index (χ0n) is 15.2. The van der Waals surface area contributed by atoms with E-state index in [-0.39, 0.29) is 16.4 Å². The Morgan fingerprint density at radius 2 is 1.81 bits per heavy atom. The van der Waals surface area contributed by atoms with Gasteiger partial charge in [0, 0.05) is 30.8 Å². The minimum absolute atomic E-state index is 0.0494. The number of sulfonamides is 1. The summed E-state index contributed by atoms with van der Waals surface area (Å²) >= 11 is 0. The number of hydrazone groups is 1. The first-order valence-corrected chi connectivity index (χ1v) is 10.4. The number of nitrogens with zero attached hydrogens (tertiary/aromatic N) is 2. The Bertz CT molecular complexity index is 920. The highest BCUT2D eigenvalue weighted by atomic mass is 32.2. The van der Waals surface area contributed by atoms with E-state index in [0.717, 1.165) is 18.4 Å². The second-order valence-electron chi connectivity index (χ2n) is 6.56. The highest BCUT2D eigenvalue weighted by Gasteiger charge is 2.27. The smallest absolute Gasteiger partial charge is 0.267 e. The van der Waals surface area contributed by atoms with E-state index < -0.39 is 15.9 Å². The van der Waals surface area contributed by atoms with Crippen LogP contribution < -0.4 is 5.43 Å². The predicted octanol–water partition coefficient (Wildman–Crippen LogP) is 2.99. The van der Waals surface area contributed by atoms with Gasteiger partial charge < -0.3 is 0 Å². The van der Waals surface area contributed by atoms with Gasteiger partial charge >= 0.3 is 0 Å². The van der Waals surface area contributed by atoms with Crippen molar-refractivity contribution in [3.05, 3.63) is 65.7 Å². The Kier molecular flexibility index (Phi) is 6.03. The number of benzene rings is 2. The first kappa shape index (κ1) is 19.3. The normalized spacial score (nSPS) is 16.5. The number of amides is 1. The summed E-state index contributed by atoms with van der Waals surface area (Å²) < 4.78 is 26.7. The van der Waals surface area contributed by atoms with E-state index in [0.29, 0.717) is 13.1 Å². The first-order chi connectivity index (χ1) is 13.0. The average Bonchev–Trinajstić information content (AvgIpc) is 3.24. The zero-order valence-corrected chi connectivity index (χ0v) is 16.0. The molecule has 0 radical (unpaired) electrons. The van der Waals surface area contributed by atoms with Gasteiger partial charge in [0.15, 0.2) is 0 Å². The number of nitrogens with one attached hydrogen (secondary N) is 1. The van der Waals surface area contributed by atoms with Crippen molar-refractivity contribution >= 4 is 22.1 Å². The highest BCUT2D eigenvalue weighted by molar-refractivity contribution is 7.89. The van der Waals surface area contributed by atoms with Crippen LogP contribution in [0.1, 0.15) is 41.6 Å². The lowest BCUT2D eigenvalue weighted by Gasteiger charge is -2.15. The lowest BCUT2D eigenvalue weighted by molar-refractivity contribution is 0.0955. The van der Waals surface area contributed by atoms with Crippen LogP contribution in [0.2, 0.25) is 0 Å². The summed E-state index contributed by atoms with van der Waals surface area (Å²) in [6.45, 7) is 3.04. The van der Waals surface area contributed by atoms with Crippen molar-refractivity contribution in [1.29, 1.82) is 0 Å². The summed E-state index contributed by atoms with van der Waals surface area (Å²) in [5, 5.41) is 4.01. The molecule has 7 heteroatoms. The van der Waals surface area contributed by atoms with Gasteiger partial charge in [-0.25, -0.2) is 13.8 Å². The molecule has 0 aliphatic carbocycles. The Labute approximate surface area is 159 Å². The molecule has 0 bridgehead atoms. The van der Waals surface area contributed by atoms with Crippen LogP contribution in [0.3, 0.4) is 0 Å². The maximum Gasteiger partial charge on any atom is 0.271 e. The Morgan fingerprint density at radius 3 is 2.52 bits per heavy atom. The van der Waals surface area contributed by atoms with Crippen molar-refractivity contribution in [2.75, 3.05) is 13.1 Å². The molecule has 0 unspecified atom stereocenters. The molecule has 0 spiro atoms. The second-order valence-corrected chi connectivity index (χ2v) is 8.50. The summed E-state index contributed by atoms with van der Waals surface area (Å²) in [6, 6.07) is 15.9. The fourth-order valence-corrected chi connectivity index (χ4v) is 4.55. The van der Waals surface area contributed by atoms with Crippen LogP contribution in [0.25, 0.3) is 0 Å². The van der Waals surface area contributed by atoms with Crippen LogP contribution in [0.5, 0.6) is 0 Å². The standard InChI is InChI=1S/C20H23N3O3S/c1-16(17-8-3-2-4-9-17)15-21-22-20(24)18-10-7-11-19(14-18)27(25,26)23-12-5-6-13-23/h2-4,7-11,14-16H,5-6,12-13H2,1H3,(H,22,24)/b21-15-/t16-/m1/s1. The number of carbonyl (C=O) groups excluding carboxylic acids is 1. The number of rotatable bonds is 6. The molecule has 1 heterocycles. The van der Waals surface area contributed by atoms with E-state index in [1.54, 1.807) is 18.3 Å². The minimum Gasteiger partial charge on any atom is -0.267 e. The van der Waals surface area contributed by atoms with Crippen molar-refractivity contribution in [2.45, 2.75) is 30.6 Å². The molecule has 0 saturated carbocycles. The molecule has 6 nitrogen and oxygen atoms in total. The molecule has 1 fully saturated rings. The van der Waals surface area contributed by atoms with Crippen molar-refractivity contribution in [3.8, 4) is 0 Å². The molecule has 1 aliphatic rings.